The molecule has 96 valence electrons. The van der Waals surface area contributed by atoms with Crippen molar-refractivity contribution >= 4 is 38.9 Å². The van der Waals surface area contributed by atoms with Crippen LogP contribution in [0.3, 0.4) is 0 Å². The van der Waals surface area contributed by atoms with E-state index in [4.69, 9.17) is 0 Å². The zero-order valence-electron chi connectivity index (χ0n) is 10.3. The Bertz CT molecular complexity index is 527. The molecule has 0 aliphatic rings. The van der Waals surface area contributed by atoms with Crippen molar-refractivity contribution in [2.24, 2.45) is 0 Å². The van der Waals surface area contributed by atoms with E-state index >= 15 is 0 Å². The fourth-order valence-corrected chi connectivity index (χ4v) is 3.16. The van der Waals surface area contributed by atoms with Gasteiger partial charge in [0.05, 0.1) is 6.54 Å². The van der Waals surface area contributed by atoms with E-state index in [9.17, 15) is 0 Å². The number of hydrogen-bond acceptors (Lipinski definition) is 5. The summed E-state index contributed by atoms with van der Waals surface area (Å²) in [5.74, 6) is 1.79. The standard InChI is InChI=1S/C12H15BrN4S/c1-3-8-11(14-2)16-7-17-12(8)15-6-10-9(13)4-5-18-10/h4-5,7H,3,6H2,1-2H3,(H2,14,15,16,17). The molecule has 0 atom stereocenters. The monoisotopic (exact) mass is 326 g/mol. The molecule has 2 aromatic rings. The second-order valence-corrected chi connectivity index (χ2v) is 5.55. The lowest BCUT2D eigenvalue weighted by Gasteiger charge is -2.12. The number of rotatable bonds is 5. The summed E-state index contributed by atoms with van der Waals surface area (Å²) in [5.41, 5.74) is 1.12. The lowest BCUT2D eigenvalue weighted by Crippen LogP contribution is -2.07. The van der Waals surface area contributed by atoms with E-state index in [0.29, 0.717) is 0 Å². The molecule has 2 heterocycles. The second kappa shape index (κ2) is 6.15. The maximum absolute atomic E-state index is 4.31. The Hall–Kier alpha value is -1.14. The lowest BCUT2D eigenvalue weighted by molar-refractivity contribution is 1.02. The van der Waals surface area contributed by atoms with Gasteiger partial charge in [0.1, 0.15) is 18.0 Å². The highest BCUT2D eigenvalue weighted by molar-refractivity contribution is 9.10. The van der Waals surface area contributed by atoms with Crippen molar-refractivity contribution < 1.29 is 0 Å². The molecule has 18 heavy (non-hydrogen) atoms. The molecule has 2 N–H and O–H groups in total. The van der Waals surface area contributed by atoms with Gasteiger partial charge in [-0.25, -0.2) is 9.97 Å². The van der Waals surface area contributed by atoms with Gasteiger partial charge in [0.15, 0.2) is 0 Å². The summed E-state index contributed by atoms with van der Waals surface area (Å²) >= 11 is 5.25. The SMILES string of the molecule is CCc1c(NC)ncnc1NCc1sccc1Br. The summed E-state index contributed by atoms with van der Waals surface area (Å²) in [4.78, 5) is 9.80. The largest absolute Gasteiger partial charge is 0.373 e. The number of hydrogen-bond donors (Lipinski definition) is 2. The lowest BCUT2D eigenvalue weighted by atomic mass is 10.2. The molecule has 0 spiro atoms. The minimum absolute atomic E-state index is 0.769. The van der Waals surface area contributed by atoms with Crippen molar-refractivity contribution in [2.45, 2.75) is 19.9 Å². The van der Waals surface area contributed by atoms with Crippen LogP contribution in [0.15, 0.2) is 22.2 Å². The first-order valence-corrected chi connectivity index (χ1v) is 7.40. The predicted molar refractivity (Wildman–Crippen MR) is 80.3 cm³/mol. The molecule has 0 bridgehead atoms. The predicted octanol–water partition coefficient (Wildman–Crippen LogP) is 3.52. The third kappa shape index (κ3) is 2.81. The topological polar surface area (TPSA) is 49.8 Å². The van der Waals surface area contributed by atoms with Crippen molar-refractivity contribution in [3.8, 4) is 0 Å². The molecule has 0 aliphatic carbocycles. The first-order chi connectivity index (χ1) is 8.76. The normalized spacial score (nSPS) is 10.4. The molecule has 4 nitrogen and oxygen atoms in total. The minimum Gasteiger partial charge on any atom is -0.373 e. The van der Waals surface area contributed by atoms with Gasteiger partial charge in [-0.15, -0.1) is 11.3 Å². The van der Waals surface area contributed by atoms with Crippen LogP contribution in [0.5, 0.6) is 0 Å². The van der Waals surface area contributed by atoms with Gasteiger partial charge < -0.3 is 10.6 Å². The van der Waals surface area contributed by atoms with Crippen LogP contribution in [0.2, 0.25) is 0 Å². The Kier molecular flexibility index (Phi) is 4.54. The van der Waals surface area contributed by atoms with Gasteiger partial charge in [-0.3, -0.25) is 0 Å². The van der Waals surface area contributed by atoms with Crippen LogP contribution in [-0.4, -0.2) is 17.0 Å². The Labute approximate surface area is 119 Å². The van der Waals surface area contributed by atoms with Crippen LogP contribution in [0.25, 0.3) is 0 Å². The molecule has 0 amide bonds. The van der Waals surface area contributed by atoms with Gasteiger partial charge in [-0.1, -0.05) is 6.92 Å². The van der Waals surface area contributed by atoms with Crippen LogP contribution in [0, 0.1) is 0 Å². The summed E-state index contributed by atoms with van der Waals surface area (Å²) in [6, 6.07) is 2.06. The first-order valence-electron chi connectivity index (χ1n) is 5.73. The van der Waals surface area contributed by atoms with E-state index in [1.165, 1.54) is 4.88 Å². The molecule has 0 aromatic carbocycles. The van der Waals surface area contributed by atoms with Gasteiger partial charge in [-0.05, 0) is 33.8 Å². The summed E-state index contributed by atoms with van der Waals surface area (Å²) in [5, 5.41) is 8.54. The molecule has 2 rings (SSSR count). The summed E-state index contributed by atoms with van der Waals surface area (Å²) in [7, 11) is 1.88. The summed E-state index contributed by atoms with van der Waals surface area (Å²) < 4.78 is 1.14. The van der Waals surface area contributed by atoms with Crippen LogP contribution in [-0.2, 0) is 13.0 Å². The summed E-state index contributed by atoms with van der Waals surface area (Å²) in [6.45, 7) is 2.87. The highest BCUT2D eigenvalue weighted by atomic mass is 79.9. The quantitative estimate of drug-likeness (QED) is 0.882. The smallest absolute Gasteiger partial charge is 0.135 e. The number of thiophene rings is 1. The second-order valence-electron chi connectivity index (χ2n) is 3.70. The highest BCUT2D eigenvalue weighted by Gasteiger charge is 2.09. The van der Waals surface area contributed by atoms with E-state index in [-0.39, 0.29) is 0 Å². The third-order valence-electron chi connectivity index (χ3n) is 2.64. The molecule has 6 heteroatoms. The molecule has 0 aliphatic heterocycles. The van der Waals surface area contributed by atoms with E-state index in [1.807, 2.05) is 7.05 Å². The maximum Gasteiger partial charge on any atom is 0.135 e. The zero-order valence-corrected chi connectivity index (χ0v) is 12.7. The van der Waals surface area contributed by atoms with Crippen LogP contribution in [0.1, 0.15) is 17.4 Å². The number of nitrogens with one attached hydrogen (secondary N) is 2. The average molecular weight is 327 g/mol. The Morgan fingerprint density at radius 1 is 1.33 bits per heavy atom. The van der Waals surface area contributed by atoms with Gasteiger partial charge in [0, 0.05) is 22.0 Å². The Morgan fingerprint density at radius 3 is 2.72 bits per heavy atom. The molecule has 0 fully saturated rings. The van der Waals surface area contributed by atoms with Crippen LogP contribution < -0.4 is 10.6 Å². The van der Waals surface area contributed by atoms with E-state index in [1.54, 1.807) is 17.7 Å². The molecular weight excluding hydrogens is 312 g/mol. The fourth-order valence-electron chi connectivity index (χ4n) is 1.73. The number of aromatic nitrogens is 2. The number of nitrogens with zero attached hydrogens (tertiary/aromatic N) is 2. The van der Waals surface area contributed by atoms with E-state index in [2.05, 4.69) is 54.9 Å². The van der Waals surface area contributed by atoms with E-state index < -0.39 is 0 Å². The fraction of sp³-hybridized carbons (Fsp3) is 0.333. The van der Waals surface area contributed by atoms with Crippen molar-refractivity contribution in [3.05, 3.63) is 32.7 Å². The van der Waals surface area contributed by atoms with Gasteiger partial charge in [-0.2, -0.15) is 0 Å². The minimum atomic E-state index is 0.769. The number of halogens is 1. The summed E-state index contributed by atoms with van der Waals surface area (Å²) in [6.07, 6.45) is 2.47. The maximum atomic E-state index is 4.31. The van der Waals surface area contributed by atoms with E-state index in [0.717, 1.165) is 34.6 Å². The third-order valence-corrected chi connectivity index (χ3v) is 4.57. The Balaban J connectivity index is 2.16. The van der Waals surface area contributed by atoms with Crippen molar-refractivity contribution in [1.82, 2.24) is 9.97 Å². The molecule has 0 radical (unpaired) electrons. The van der Waals surface area contributed by atoms with Gasteiger partial charge in [0.25, 0.3) is 0 Å². The average Bonchev–Trinajstić information content (AvgIpc) is 2.81. The van der Waals surface area contributed by atoms with Crippen molar-refractivity contribution in [3.63, 3.8) is 0 Å². The first kappa shape index (κ1) is 13.3. The molecule has 0 saturated carbocycles. The van der Waals surface area contributed by atoms with Gasteiger partial charge in [0.2, 0.25) is 0 Å². The Morgan fingerprint density at radius 2 is 2.11 bits per heavy atom. The highest BCUT2D eigenvalue weighted by Crippen LogP contribution is 2.25. The van der Waals surface area contributed by atoms with Crippen molar-refractivity contribution in [2.75, 3.05) is 17.7 Å². The van der Waals surface area contributed by atoms with Crippen LogP contribution >= 0.6 is 27.3 Å². The molecular formula is C12H15BrN4S. The molecule has 0 unspecified atom stereocenters. The molecule has 2 aromatic heterocycles. The number of anilines is 2. The van der Waals surface area contributed by atoms with Gasteiger partial charge >= 0.3 is 0 Å². The van der Waals surface area contributed by atoms with Crippen molar-refractivity contribution in [1.29, 1.82) is 0 Å². The zero-order chi connectivity index (χ0) is 13.0. The van der Waals surface area contributed by atoms with Crippen LogP contribution in [0.4, 0.5) is 11.6 Å². The molecule has 0 saturated heterocycles.